The largest absolute Gasteiger partial charge is 0.373 e. The molecule has 22 heavy (non-hydrogen) atoms. The monoisotopic (exact) mass is 327 g/mol. The molecule has 2 aliphatic rings. The topological polar surface area (TPSA) is 96.7 Å². The summed E-state index contributed by atoms with van der Waals surface area (Å²) in [4.78, 5) is 15.8. The highest BCUT2D eigenvalue weighted by Gasteiger charge is 2.24. The molecular weight excluding hydrogens is 306 g/mol. The predicted molar refractivity (Wildman–Crippen MR) is 81.1 cm³/mol. The third-order valence-corrected chi connectivity index (χ3v) is 5.11. The number of nitriles is 1. The Hall–Kier alpha value is -1.63. The van der Waals surface area contributed by atoms with Crippen molar-refractivity contribution >= 4 is 15.9 Å². The van der Waals surface area contributed by atoms with Crippen LogP contribution < -0.4 is 5.32 Å². The Bertz CT molecular complexity index is 581. The van der Waals surface area contributed by atoms with Crippen molar-refractivity contribution in [1.29, 1.82) is 5.26 Å². The molecule has 1 N–H and O–H groups in total. The zero-order valence-corrected chi connectivity index (χ0v) is 13.5. The van der Waals surface area contributed by atoms with E-state index >= 15 is 0 Å². The molecule has 2 fully saturated rings. The second-order valence-electron chi connectivity index (χ2n) is 5.39. The Kier molecular flexibility index (Phi) is 5.39. The van der Waals surface area contributed by atoms with E-state index in [-0.39, 0.29) is 11.5 Å². The van der Waals surface area contributed by atoms with Crippen molar-refractivity contribution in [1.82, 2.24) is 19.4 Å². The van der Waals surface area contributed by atoms with Crippen molar-refractivity contribution < 1.29 is 13.2 Å². The maximum absolute atomic E-state index is 12.3. The molecular formula is C13H21N5O3S. The molecule has 2 saturated heterocycles. The molecule has 2 aliphatic heterocycles. The van der Waals surface area contributed by atoms with Gasteiger partial charge in [-0.15, -0.1) is 0 Å². The van der Waals surface area contributed by atoms with Crippen LogP contribution >= 0.6 is 0 Å². The number of hydrogen-bond acceptors (Lipinski definition) is 6. The lowest BCUT2D eigenvalue weighted by Gasteiger charge is -2.33. The molecule has 122 valence electrons. The SMILES string of the molecule is CS(=O)(=O)N1CCN(/C=C(/C#N)C(=O)N2CCNCC2)CC1. The summed E-state index contributed by atoms with van der Waals surface area (Å²) in [6.07, 6.45) is 2.75. The van der Waals surface area contributed by atoms with Gasteiger partial charge in [-0.05, 0) is 0 Å². The molecule has 8 nitrogen and oxygen atoms in total. The predicted octanol–water partition coefficient (Wildman–Crippen LogP) is -1.60. The molecule has 0 aromatic heterocycles. The number of carbonyl (C=O) groups is 1. The van der Waals surface area contributed by atoms with E-state index in [9.17, 15) is 18.5 Å². The quantitative estimate of drug-likeness (QED) is 0.495. The highest BCUT2D eigenvalue weighted by Crippen LogP contribution is 2.10. The summed E-state index contributed by atoms with van der Waals surface area (Å²) in [5.41, 5.74) is 0.106. The van der Waals surface area contributed by atoms with E-state index in [4.69, 9.17) is 0 Å². The maximum Gasteiger partial charge on any atom is 0.266 e. The van der Waals surface area contributed by atoms with E-state index in [1.54, 1.807) is 11.1 Å². The number of nitrogens with one attached hydrogen (secondary N) is 1. The van der Waals surface area contributed by atoms with E-state index in [1.165, 1.54) is 10.6 Å². The Morgan fingerprint density at radius 1 is 1.14 bits per heavy atom. The van der Waals surface area contributed by atoms with Crippen LogP contribution in [0.5, 0.6) is 0 Å². The van der Waals surface area contributed by atoms with Gasteiger partial charge in [0.25, 0.3) is 5.91 Å². The van der Waals surface area contributed by atoms with Crippen LogP contribution in [0.15, 0.2) is 11.8 Å². The van der Waals surface area contributed by atoms with Gasteiger partial charge in [0.2, 0.25) is 10.0 Å². The molecule has 9 heteroatoms. The number of amides is 1. The average molecular weight is 327 g/mol. The molecule has 0 unspecified atom stereocenters. The van der Waals surface area contributed by atoms with Crippen LogP contribution in [-0.2, 0) is 14.8 Å². The van der Waals surface area contributed by atoms with Crippen molar-refractivity contribution in [3.05, 3.63) is 11.8 Å². The van der Waals surface area contributed by atoms with Crippen molar-refractivity contribution in [3.8, 4) is 6.07 Å². The number of hydrogen-bond donors (Lipinski definition) is 1. The number of carbonyl (C=O) groups excluding carboxylic acids is 1. The minimum atomic E-state index is -3.18. The third kappa shape index (κ3) is 4.19. The highest BCUT2D eigenvalue weighted by molar-refractivity contribution is 7.88. The first kappa shape index (κ1) is 16.7. The standard InChI is InChI=1S/C13H21N5O3S/c1-22(20,21)18-8-6-16(7-9-18)11-12(10-14)13(19)17-4-2-15-3-5-17/h11,15H,2-9H2,1H3/b12-11-. The molecule has 0 atom stereocenters. The second-order valence-corrected chi connectivity index (χ2v) is 7.38. The minimum Gasteiger partial charge on any atom is -0.373 e. The summed E-state index contributed by atoms with van der Waals surface area (Å²) < 4.78 is 24.3. The fourth-order valence-electron chi connectivity index (χ4n) is 2.52. The summed E-state index contributed by atoms with van der Waals surface area (Å²) >= 11 is 0. The second kappa shape index (κ2) is 7.09. The highest BCUT2D eigenvalue weighted by atomic mass is 32.2. The van der Waals surface area contributed by atoms with Gasteiger partial charge < -0.3 is 15.1 Å². The van der Waals surface area contributed by atoms with Crippen LogP contribution in [-0.4, -0.2) is 87.0 Å². The fraction of sp³-hybridized carbons (Fsp3) is 0.692. The molecule has 2 rings (SSSR count). The lowest BCUT2D eigenvalue weighted by molar-refractivity contribution is -0.127. The number of sulfonamides is 1. The van der Waals surface area contributed by atoms with Crippen molar-refractivity contribution in [2.45, 2.75) is 0 Å². The van der Waals surface area contributed by atoms with Gasteiger partial charge in [-0.2, -0.15) is 9.57 Å². The first-order chi connectivity index (χ1) is 10.4. The van der Waals surface area contributed by atoms with Gasteiger partial charge in [-0.1, -0.05) is 0 Å². The number of nitrogens with zero attached hydrogens (tertiary/aromatic N) is 4. The normalized spacial score (nSPS) is 21.5. The summed E-state index contributed by atoms with van der Waals surface area (Å²) in [5, 5.41) is 12.4. The Morgan fingerprint density at radius 2 is 1.73 bits per heavy atom. The molecule has 0 radical (unpaired) electrons. The molecule has 0 aromatic rings. The smallest absolute Gasteiger partial charge is 0.266 e. The summed E-state index contributed by atoms with van der Waals surface area (Å²) in [7, 11) is -3.18. The van der Waals surface area contributed by atoms with E-state index in [0.29, 0.717) is 39.3 Å². The Balaban J connectivity index is 1.98. The van der Waals surface area contributed by atoms with Gasteiger partial charge in [0, 0.05) is 58.6 Å². The van der Waals surface area contributed by atoms with Gasteiger partial charge in [0.15, 0.2) is 0 Å². The molecule has 1 amide bonds. The lowest BCUT2D eigenvalue weighted by atomic mass is 10.2. The maximum atomic E-state index is 12.3. The average Bonchev–Trinajstić information content (AvgIpc) is 2.52. The van der Waals surface area contributed by atoms with E-state index < -0.39 is 10.0 Å². The Morgan fingerprint density at radius 3 is 2.23 bits per heavy atom. The van der Waals surface area contributed by atoms with Gasteiger partial charge in [0.1, 0.15) is 11.6 Å². The molecule has 0 aromatic carbocycles. The van der Waals surface area contributed by atoms with Crippen LogP contribution in [0.3, 0.4) is 0 Å². The van der Waals surface area contributed by atoms with Crippen LogP contribution in [0.1, 0.15) is 0 Å². The van der Waals surface area contributed by atoms with E-state index in [1.807, 2.05) is 11.0 Å². The molecule has 0 bridgehead atoms. The summed E-state index contributed by atoms with van der Waals surface area (Å²) in [5.74, 6) is -0.255. The number of piperazine rings is 2. The molecule has 0 spiro atoms. The third-order valence-electron chi connectivity index (χ3n) is 3.81. The van der Waals surface area contributed by atoms with Crippen LogP contribution in [0.2, 0.25) is 0 Å². The first-order valence-corrected chi connectivity index (χ1v) is 9.08. The van der Waals surface area contributed by atoms with Gasteiger partial charge in [-0.25, -0.2) is 8.42 Å². The lowest BCUT2D eigenvalue weighted by Crippen LogP contribution is -2.48. The fourth-order valence-corrected chi connectivity index (χ4v) is 3.34. The zero-order valence-electron chi connectivity index (χ0n) is 12.7. The van der Waals surface area contributed by atoms with Crippen molar-refractivity contribution in [3.63, 3.8) is 0 Å². The van der Waals surface area contributed by atoms with Gasteiger partial charge in [-0.3, -0.25) is 4.79 Å². The van der Waals surface area contributed by atoms with Crippen molar-refractivity contribution in [2.75, 3.05) is 58.6 Å². The number of rotatable bonds is 3. The summed E-state index contributed by atoms with van der Waals surface area (Å²) in [6, 6.07) is 1.96. The molecule has 0 saturated carbocycles. The zero-order chi connectivity index (χ0) is 16.2. The van der Waals surface area contributed by atoms with Crippen molar-refractivity contribution in [2.24, 2.45) is 0 Å². The first-order valence-electron chi connectivity index (χ1n) is 7.23. The molecule has 2 heterocycles. The van der Waals surface area contributed by atoms with E-state index in [0.717, 1.165) is 13.1 Å². The van der Waals surface area contributed by atoms with Gasteiger partial charge in [0.05, 0.1) is 6.26 Å². The Labute approximate surface area is 131 Å². The van der Waals surface area contributed by atoms with Crippen LogP contribution in [0.4, 0.5) is 0 Å². The van der Waals surface area contributed by atoms with E-state index in [2.05, 4.69) is 5.32 Å². The van der Waals surface area contributed by atoms with Crippen LogP contribution in [0.25, 0.3) is 0 Å². The molecule has 0 aliphatic carbocycles. The summed E-state index contributed by atoms with van der Waals surface area (Å²) in [6.45, 7) is 4.36. The van der Waals surface area contributed by atoms with Gasteiger partial charge >= 0.3 is 0 Å². The minimum absolute atomic E-state index is 0.106. The van der Waals surface area contributed by atoms with Crippen LogP contribution in [0, 0.1) is 11.3 Å².